The molecule has 2 aliphatic rings. The predicted molar refractivity (Wildman–Crippen MR) is 134 cm³/mol. The molecule has 13 heteroatoms. The van der Waals surface area contributed by atoms with Crippen LogP contribution in [0.2, 0.25) is 0 Å². The average molecular weight is 509 g/mol. The minimum atomic E-state index is -0.668. The summed E-state index contributed by atoms with van der Waals surface area (Å²) in [5.74, 6) is 0.0597. The van der Waals surface area contributed by atoms with Gasteiger partial charge in [-0.05, 0) is 37.3 Å². The van der Waals surface area contributed by atoms with Crippen LogP contribution in [0.5, 0.6) is 5.75 Å². The lowest BCUT2D eigenvalue weighted by atomic mass is 10.2. The Morgan fingerprint density at radius 3 is 2.81 bits per heavy atom. The van der Waals surface area contributed by atoms with Crippen LogP contribution < -0.4 is 25.6 Å². The number of hydrogen-bond donors (Lipinski definition) is 3. The number of aromatic nitrogens is 3. The monoisotopic (exact) mass is 508 g/mol. The molecule has 2 aromatic heterocycles. The smallest absolute Gasteiger partial charge is 0.409 e. The van der Waals surface area contributed by atoms with Crippen LogP contribution in [0.4, 0.5) is 44.0 Å². The third kappa shape index (κ3) is 5.60. The van der Waals surface area contributed by atoms with E-state index < -0.39 is 5.82 Å². The quantitative estimate of drug-likeness (QED) is 0.456. The minimum absolute atomic E-state index is 0.0813. The average Bonchev–Trinajstić information content (AvgIpc) is 2.91. The second-order valence-electron chi connectivity index (χ2n) is 8.24. The van der Waals surface area contributed by atoms with Gasteiger partial charge in [0.15, 0.2) is 29.8 Å². The number of nitrogens with one attached hydrogen (secondary N) is 3. The summed E-state index contributed by atoms with van der Waals surface area (Å²) in [6, 6.07) is 10.9. The molecule has 1 fully saturated rings. The molecule has 4 heterocycles. The Bertz CT molecular complexity index is 1320. The predicted octanol–water partition coefficient (Wildman–Crippen LogP) is 3.11. The lowest BCUT2D eigenvalue weighted by molar-refractivity contribution is -0.118. The first-order valence-corrected chi connectivity index (χ1v) is 11.8. The van der Waals surface area contributed by atoms with Crippen LogP contribution in [0.1, 0.15) is 6.92 Å². The van der Waals surface area contributed by atoms with Crippen molar-refractivity contribution in [1.82, 2.24) is 19.9 Å². The van der Waals surface area contributed by atoms with Gasteiger partial charge in [-0.3, -0.25) is 4.79 Å². The van der Waals surface area contributed by atoms with Crippen LogP contribution in [0.3, 0.4) is 0 Å². The van der Waals surface area contributed by atoms with Crippen molar-refractivity contribution in [1.29, 1.82) is 0 Å². The second-order valence-corrected chi connectivity index (χ2v) is 8.24. The number of halogens is 1. The van der Waals surface area contributed by atoms with E-state index in [1.807, 2.05) is 24.3 Å². The maximum atomic E-state index is 14.5. The topological polar surface area (TPSA) is 134 Å². The summed E-state index contributed by atoms with van der Waals surface area (Å²) in [5, 5.41) is 8.52. The Labute approximate surface area is 211 Å². The fourth-order valence-electron chi connectivity index (χ4n) is 3.94. The molecule has 3 aromatic rings. The summed E-state index contributed by atoms with van der Waals surface area (Å²) >= 11 is 0. The number of pyridine rings is 1. The molecule has 0 saturated carbocycles. The van der Waals surface area contributed by atoms with Crippen LogP contribution in [-0.2, 0) is 9.53 Å². The van der Waals surface area contributed by atoms with E-state index in [1.165, 1.54) is 0 Å². The molecule has 5 rings (SSSR count). The highest BCUT2D eigenvalue weighted by Crippen LogP contribution is 2.29. The third-order valence-corrected chi connectivity index (χ3v) is 5.74. The number of anilines is 6. The highest BCUT2D eigenvalue weighted by molar-refractivity contribution is 5.94. The third-order valence-electron chi connectivity index (χ3n) is 5.74. The molecule has 12 nitrogen and oxygen atoms in total. The van der Waals surface area contributed by atoms with Crippen LogP contribution in [0.25, 0.3) is 0 Å². The highest BCUT2D eigenvalue weighted by Gasteiger charge is 2.22. The zero-order valence-corrected chi connectivity index (χ0v) is 20.0. The first-order valence-electron chi connectivity index (χ1n) is 11.8. The molecule has 2 aliphatic heterocycles. The van der Waals surface area contributed by atoms with Gasteiger partial charge in [-0.25, -0.2) is 19.2 Å². The molecule has 0 atom stereocenters. The summed E-state index contributed by atoms with van der Waals surface area (Å²) in [6.07, 6.45) is 0.762. The molecule has 3 N–H and O–H groups in total. The zero-order valence-electron chi connectivity index (χ0n) is 20.0. The number of rotatable bonds is 6. The van der Waals surface area contributed by atoms with Gasteiger partial charge >= 0.3 is 6.09 Å². The summed E-state index contributed by atoms with van der Waals surface area (Å²) in [4.78, 5) is 39.9. The van der Waals surface area contributed by atoms with E-state index >= 15 is 0 Å². The van der Waals surface area contributed by atoms with Crippen molar-refractivity contribution < 1.29 is 23.5 Å². The molecular weight excluding hydrogens is 483 g/mol. The molecule has 0 radical (unpaired) electrons. The minimum Gasteiger partial charge on any atom is -0.480 e. The molecule has 0 bridgehead atoms. The van der Waals surface area contributed by atoms with Crippen molar-refractivity contribution in [3.8, 4) is 5.75 Å². The highest BCUT2D eigenvalue weighted by atomic mass is 19.1. The summed E-state index contributed by atoms with van der Waals surface area (Å²) in [6.45, 7) is 4.54. The van der Waals surface area contributed by atoms with Crippen LogP contribution in [0.15, 0.2) is 42.6 Å². The van der Waals surface area contributed by atoms with E-state index in [4.69, 9.17) is 9.47 Å². The molecule has 1 aromatic carbocycles. The lowest BCUT2D eigenvalue weighted by Crippen LogP contribution is -2.49. The van der Waals surface area contributed by atoms with Crippen molar-refractivity contribution in [2.45, 2.75) is 6.92 Å². The fraction of sp³-hybridized carbons (Fsp3) is 0.292. The number of ether oxygens (including phenoxy) is 2. The number of hydrogen-bond acceptors (Lipinski definition) is 10. The van der Waals surface area contributed by atoms with Gasteiger partial charge in [0.1, 0.15) is 5.82 Å². The van der Waals surface area contributed by atoms with Gasteiger partial charge < -0.3 is 35.2 Å². The largest absolute Gasteiger partial charge is 0.480 e. The molecule has 0 spiro atoms. The molecule has 1 saturated heterocycles. The summed E-state index contributed by atoms with van der Waals surface area (Å²) in [7, 11) is 0. The molecule has 2 amide bonds. The Morgan fingerprint density at radius 2 is 2.00 bits per heavy atom. The first kappa shape index (κ1) is 24.0. The Balaban J connectivity index is 1.26. The number of benzene rings is 1. The molecule has 192 valence electrons. The summed E-state index contributed by atoms with van der Waals surface area (Å²) in [5.41, 5.74) is 1.69. The van der Waals surface area contributed by atoms with Crippen molar-refractivity contribution in [3.63, 3.8) is 0 Å². The number of carbonyl (C=O) groups excluding carboxylic acids is 2. The lowest BCUT2D eigenvalue weighted by Gasteiger charge is -2.35. The summed E-state index contributed by atoms with van der Waals surface area (Å²) < 4.78 is 24.8. The molecular formula is C24H25FN8O4. The van der Waals surface area contributed by atoms with Gasteiger partial charge in [-0.15, -0.1) is 0 Å². The maximum Gasteiger partial charge on any atom is 0.409 e. The van der Waals surface area contributed by atoms with Gasteiger partial charge in [0.05, 0.1) is 12.8 Å². The van der Waals surface area contributed by atoms with Crippen LogP contribution in [0, 0.1) is 5.82 Å². The normalized spacial score (nSPS) is 14.8. The second kappa shape index (κ2) is 10.5. The Kier molecular flexibility index (Phi) is 6.83. The zero-order chi connectivity index (χ0) is 25.8. The van der Waals surface area contributed by atoms with Crippen LogP contribution >= 0.6 is 0 Å². The first-order chi connectivity index (χ1) is 18.0. The van der Waals surface area contributed by atoms with Gasteiger partial charge in [-0.2, -0.15) is 4.98 Å². The number of fused-ring (bicyclic) bond motifs is 1. The van der Waals surface area contributed by atoms with E-state index in [0.29, 0.717) is 38.5 Å². The fourth-order valence-corrected chi connectivity index (χ4v) is 3.94. The number of carbonyl (C=O) groups is 2. The Morgan fingerprint density at radius 1 is 1.16 bits per heavy atom. The van der Waals surface area contributed by atoms with Crippen molar-refractivity contribution >= 4 is 46.8 Å². The molecule has 37 heavy (non-hydrogen) atoms. The van der Waals surface area contributed by atoms with E-state index in [-0.39, 0.29) is 42.0 Å². The van der Waals surface area contributed by atoms with E-state index in [1.54, 1.807) is 24.0 Å². The number of nitrogens with zero attached hydrogens (tertiary/aromatic N) is 5. The van der Waals surface area contributed by atoms with Crippen molar-refractivity contribution in [2.24, 2.45) is 0 Å². The maximum absolute atomic E-state index is 14.5. The van der Waals surface area contributed by atoms with E-state index in [9.17, 15) is 14.0 Å². The number of amides is 2. The van der Waals surface area contributed by atoms with E-state index in [0.717, 1.165) is 17.6 Å². The standard InChI is InChI=1S/C24H25FN8O4/c1-2-36-24(35)33-10-8-32(9-11-33)16-5-3-4-15(12-16)27-23-26-13-17(25)21(31-23)28-19-7-6-18-22(29-19)30-20(34)14-37-18/h3-7,12-13H,2,8-11,14H2,1H3,(H3,26,27,28,29,30,31,34). The van der Waals surface area contributed by atoms with Crippen molar-refractivity contribution in [2.75, 3.05) is 60.2 Å². The van der Waals surface area contributed by atoms with Gasteiger partial charge in [0.25, 0.3) is 5.91 Å². The number of piperazine rings is 1. The van der Waals surface area contributed by atoms with Gasteiger partial charge in [0.2, 0.25) is 5.95 Å². The van der Waals surface area contributed by atoms with E-state index in [2.05, 4.69) is 35.8 Å². The van der Waals surface area contributed by atoms with Crippen molar-refractivity contribution in [3.05, 3.63) is 48.4 Å². The van der Waals surface area contributed by atoms with Gasteiger partial charge in [-0.1, -0.05) is 6.07 Å². The van der Waals surface area contributed by atoms with Crippen LogP contribution in [-0.4, -0.2) is 71.2 Å². The Hall–Kier alpha value is -4.68. The SMILES string of the molecule is CCOC(=O)N1CCN(c2cccc(Nc3ncc(F)c(Nc4ccc5c(n4)NC(=O)CO5)n3)c2)CC1. The van der Waals surface area contributed by atoms with Gasteiger partial charge in [0, 0.05) is 37.6 Å². The molecule has 0 unspecified atom stereocenters. The molecule has 0 aliphatic carbocycles.